The second kappa shape index (κ2) is 9.17. The third kappa shape index (κ3) is 5.02. The van der Waals surface area contributed by atoms with Crippen molar-refractivity contribution in [1.29, 1.82) is 0 Å². The molecule has 0 radical (unpaired) electrons. The smallest absolute Gasteiger partial charge is 0.152 e. The number of nitrogens with zero attached hydrogens (tertiary/aromatic N) is 2. The van der Waals surface area contributed by atoms with Gasteiger partial charge in [0.15, 0.2) is 5.82 Å². The van der Waals surface area contributed by atoms with Gasteiger partial charge in [0.05, 0.1) is 12.3 Å². The summed E-state index contributed by atoms with van der Waals surface area (Å²) in [4.78, 5) is 9.40. The molecule has 0 amide bonds. The topological polar surface area (TPSA) is 53.2 Å². The Morgan fingerprint density at radius 2 is 2.00 bits per heavy atom. The fourth-order valence-electron chi connectivity index (χ4n) is 4.09. The molecule has 6 heteroatoms. The predicted molar refractivity (Wildman–Crippen MR) is 124 cm³/mol. The molecule has 2 N–H and O–H groups in total. The summed E-state index contributed by atoms with van der Waals surface area (Å²) in [6.07, 6.45) is 5.01. The van der Waals surface area contributed by atoms with E-state index in [1.165, 1.54) is 18.4 Å². The van der Waals surface area contributed by atoms with Gasteiger partial charge in [-0.1, -0.05) is 36.9 Å². The molecule has 1 fully saturated rings. The molecular formula is C26H29FN4O. The van der Waals surface area contributed by atoms with E-state index in [2.05, 4.69) is 51.0 Å². The minimum Gasteiger partial charge on any atom is -0.493 e. The molecule has 1 aliphatic heterocycles. The van der Waals surface area contributed by atoms with E-state index in [0.29, 0.717) is 19.0 Å². The van der Waals surface area contributed by atoms with Crippen LogP contribution in [0, 0.1) is 5.92 Å². The second-order valence-electron chi connectivity index (χ2n) is 8.84. The zero-order valence-electron chi connectivity index (χ0n) is 18.2. The average molecular weight is 433 g/mol. The van der Waals surface area contributed by atoms with Crippen LogP contribution in [0.5, 0.6) is 5.75 Å². The molecule has 3 aromatic rings. The monoisotopic (exact) mass is 432 g/mol. The van der Waals surface area contributed by atoms with Crippen LogP contribution in [0.1, 0.15) is 47.1 Å². The van der Waals surface area contributed by atoms with Crippen molar-refractivity contribution in [2.24, 2.45) is 5.92 Å². The lowest BCUT2D eigenvalue weighted by Gasteiger charge is -2.31. The zero-order valence-corrected chi connectivity index (χ0v) is 18.2. The fourth-order valence-corrected chi connectivity index (χ4v) is 4.09. The normalized spacial score (nSPS) is 18.2. The standard InChI is InChI=1S/C26H29FN4O/c1-18(26-28-10-11-29-26)30-13-19-2-4-20(5-3-19)14-31-15-22-8-9-23(32-17-21-6-7-21)12-24(22)25(27)16-31/h2-5,8-12,21,25,30H,1,6-7,13-17H2,(H,28,29). The van der Waals surface area contributed by atoms with E-state index < -0.39 is 6.17 Å². The number of nitrogens with one attached hydrogen (secondary N) is 2. The van der Waals surface area contributed by atoms with Crippen molar-refractivity contribution >= 4 is 5.70 Å². The number of halogens is 1. The van der Waals surface area contributed by atoms with Gasteiger partial charge >= 0.3 is 0 Å². The molecule has 2 aromatic carbocycles. The van der Waals surface area contributed by atoms with Crippen molar-refractivity contribution in [2.75, 3.05) is 13.2 Å². The van der Waals surface area contributed by atoms with E-state index in [1.54, 1.807) is 12.4 Å². The fraction of sp³-hybridized carbons (Fsp3) is 0.346. The summed E-state index contributed by atoms with van der Waals surface area (Å²) in [5.74, 6) is 2.24. The van der Waals surface area contributed by atoms with Gasteiger partial charge in [0.25, 0.3) is 0 Å². The number of rotatable bonds is 9. The van der Waals surface area contributed by atoms with Gasteiger partial charge in [-0.05, 0) is 53.1 Å². The summed E-state index contributed by atoms with van der Waals surface area (Å²) < 4.78 is 20.8. The number of fused-ring (bicyclic) bond motifs is 1. The Balaban J connectivity index is 1.15. The molecule has 1 saturated carbocycles. The van der Waals surface area contributed by atoms with Gasteiger partial charge in [-0.15, -0.1) is 0 Å². The molecule has 0 saturated heterocycles. The Bertz CT molecular complexity index is 1060. The Morgan fingerprint density at radius 3 is 2.75 bits per heavy atom. The summed E-state index contributed by atoms with van der Waals surface area (Å²) in [6.45, 7) is 7.33. The van der Waals surface area contributed by atoms with Crippen LogP contribution >= 0.6 is 0 Å². The van der Waals surface area contributed by atoms with Gasteiger partial charge in [-0.3, -0.25) is 4.90 Å². The molecule has 0 bridgehead atoms. The van der Waals surface area contributed by atoms with Crippen LogP contribution in [-0.4, -0.2) is 28.0 Å². The lowest BCUT2D eigenvalue weighted by atomic mass is 9.97. The summed E-state index contributed by atoms with van der Waals surface area (Å²) in [7, 11) is 0. The molecule has 32 heavy (non-hydrogen) atoms. The van der Waals surface area contributed by atoms with Crippen LogP contribution < -0.4 is 10.1 Å². The maximum absolute atomic E-state index is 15.0. The first-order valence-corrected chi connectivity index (χ1v) is 11.3. The molecular weight excluding hydrogens is 403 g/mol. The lowest BCUT2D eigenvalue weighted by Crippen LogP contribution is -2.31. The van der Waals surface area contributed by atoms with Crippen molar-refractivity contribution in [3.8, 4) is 5.75 Å². The average Bonchev–Trinajstić information content (AvgIpc) is 3.47. The Hall–Kier alpha value is -3.12. The zero-order chi connectivity index (χ0) is 21.9. The minimum atomic E-state index is -0.987. The number of aromatic nitrogens is 2. The molecule has 1 aliphatic carbocycles. The summed E-state index contributed by atoms with van der Waals surface area (Å²) in [5, 5.41) is 3.28. The number of ether oxygens (including phenoxy) is 1. The van der Waals surface area contributed by atoms with Crippen molar-refractivity contribution < 1.29 is 9.13 Å². The van der Waals surface area contributed by atoms with Gasteiger partial charge < -0.3 is 15.0 Å². The molecule has 0 spiro atoms. The molecule has 2 aliphatic rings. The SMILES string of the molecule is C=C(NCc1ccc(CN2Cc3ccc(OCC4CC4)cc3C(F)C2)cc1)c1ncc[nH]1. The predicted octanol–water partition coefficient (Wildman–Crippen LogP) is 4.99. The number of hydrogen-bond donors (Lipinski definition) is 2. The number of H-pyrrole nitrogens is 1. The molecule has 1 atom stereocenters. The first-order valence-electron chi connectivity index (χ1n) is 11.3. The Labute approximate surface area is 188 Å². The molecule has 166 valence electrons. The highest BCUT2D eigenvalue weighted by molar-refractivity contribution is 5.54. The van der Waals surface area contributed by atoms with E-state index in [0.717, 1.165) is 53.7 Å². The van der Waals surface area contributed by atoms with E-state index in [4.69, 9.17) is 4.74 Å². The van der Waals surface area contributed by atoms with Crippen LogP contribution in [0.3, 0.4) is 0 Å². The third-order valence-corrected chi connectivity index (χ3v) is 6.17. The van der Waals surface area contributed by atoms with Gasteiger partial charge in [-0.2, -0.15) is 0 Å². The first kappa shape index (κ1) is 20.8. The number of imidazole rings is 1. The Kier molecular flexibility index (Phi) is 5.95. The molecule has 1 aromatic heterocycles. The Morgan fingerprint density at radius 1 is 1.19 bits per heavy atom. The van der Waals surface area contributed by atoms with E-state index in [9.17, 15) is 4.39 Å². The molecule has 5 nitrogen and oxygen atoms in total. The van der Waals surface area contributed by atoms with E-state index in [-0.39, 0.29) is 0 Å². The van der Waals surface area contributed by atoms with Crippen LogP contribution in [-0.2, 0) is 19.6 Å². The number of hydrogen-bond acceptors (Lipinski definition) is 4. The third-order valence-electron chi connectivity index (χ3n) is 6.17. The summed E-state index contributed by atoms with van der Waals surface area (Å²) >= 11 is 0. The van der Waals surface area contributed by atoms with Gasteiger partial charge in [0.2, 0.25) is 0 Å². The van der Waals surface area contributed by atoms with Crippen molar-refractivity contribution in [1.82, 2.24) is 20.2 Å². The van der Waals surface area contributed by atoms with Crippen LogP contribution in [0.2, 0.25) is 0 Å². The molecule has 1 unspecified atom stereocenters. The highest BCUT2D eigenvalue weighted by Gasteiger charge is 2.26. The van der Waals surface area contributed by atoms with Gasteiger partial charge in [0.1, 0.15) is 11.9 Å². The molecule has 5 rings (SSSR count). The van der Waals surface area contributed by atoms with Crippen molar-refractivity contribution in [2.45, 2.75) is 38.6 Å². The van der Waals surface area contributed by atoms with Gasteiger partial charge in [0, 0.05) is 38.6 Å². The van der Waals surface area contributed by atoms with Crippen LogP contribution in [0.25, 0.3) is 5.70 Å². The quantitative estimate of drug-likeness (QED) is 0.500. The maximum Gasteiger partial charge on any atom is 0.152 e. The van der Waals surface area contributed by atoms with Crippen molar-refractivity contribution in [3.05, 3.63) is 89.5 Å². The van der Waals surface area contributed by atoms with Crippen LogP contribution in [0.4, 0.5) is 4.39 Å². The molecule has 2 heterocycles. The largest absolute Gasteiger partial charge is 0.493 e. The second-order valence-corrected chi connectivity index (χ2v) is 8.84. The highest BCUT2D eigenvalue weighted by atomic mass is 19.1. The highest BCUT2D eigenvalue weighted by Crippen LogP contribution is 2.34. The van der Waals surface area contributed by atoms with Gasteiger partial charge in [-0.25, -0.2) is 9.37 Å². The number of alkyl halides is 1. The lowest BCUT2D eigenvalue weighted by molar-refractivity contribution is 0.158. The minimum absolute atomic E-state index is 0.408. The first-order chi connectivity index (χ1) is 15.6. The summed E-state index contributed by atoms with van der Waals surface area (Å²) in [5.41, 5.74) is 4.94. The summed E-state index contributed by atoms with van der Waals surface area (Å²) in [6, 6.07) is 14.3. The number of aromatic amines is 1. The van der Waals surface area contributed by atoms with Crippen molar-refractivity contribution in [3.63, 3.8) is 0 Å². The van der Waals surface area contributed by atoms with Crippen LogP contribution in [0.15, 0.2) is 61.4 Å². The number of benzene rings is 2. The van der Waals surface area contributed by atoms with E-state index >= 15 is 0 Å². The van der Waals surface area contributed by atoms with E-state index in [1.807, 2.05) is 18.2 Å². The maximum atomic E-state index is 15.0.